The fourth-order valence-electron chi connectivity index (χ4n) is 2.81. The number of hydrogen-bond acceptors (Lipinski definition) is 3. The molecule has 0 radical (unpaired) electrons. The van der Waals surface area contributed by atoms with Crippen LogP contribution in [0.25, 0.3) is 0 Å². The van der Waals surface area contributed by atoms with E-state index in [9.17, 15) is 0 Å². The van der Waals surface area contributed by atoms with Gasteiger partial charge >= 0.3 is 0 Å². The lowest BCUT2D eigenvalue weighted by atomic mass is 10.1. The van der Waals surface area contributed by atoms with Crippen molar-refractivity contribution in [3.8, 4) is 5.75 Å². The Bertz CT molecular complexity index is 856. The molecular formula is C21H25N5O. The zero-order valence-electron chi connectivity index (χ0n) is 15.5. The highest BCUT2D eigenvalue weighted by Crippen LogP contribution is 2.14. The second kappa shape index (κ2) is 9.43. The molecule has 0 unspecified atom stereocenters. The maximum atomic E-state index is 5.99. The van der Waals surface area contributed by atoms with Crippen LogP contribution in [0, 0.1) is 0 Å². The molecule has 3 rings (SSSR count). The van der Waals surface area contributed by atoms with E-state index in [-0.39, 0.29) is 0 Å². The molecule has 0 saturated heterocycles. The van der Waals surface area contributed by atoms with Crippen LogP contribution in [-0.4, -0.2) is 22.6 Å². The molecule has 0 aliphatic carbocycles. The average molecular weight is 363 g/mol. The predicted molar refractivity (Wildman–Crippen MR) is 109 cm³/mol. The fraction of sp³-hybridized carbons (Fsp3) is 0.238. The number of imidazole rings is 1. The van der Waals surface area contributed by atoms with Crippen molar-refractivity contribution >= 4 is 11.6 Å². The monoisotopic (exact) mass is 363 g/mol. The third kappa shape index (κ3) is 5.60. The van der Waals surface area contributed by atoms with Gasteiger partial charge in [0.25, 0.3) is 0 Å². The highest BCUT2D eigenvalue weighted by atomic mass is 16.5. The van der Waals surface area contributed by atoms with Gasteiger partial charge < -0.3 is 20.4 Å². The number of aromatic nitrogens is 2. The first kappa shape index (κ1) is 18.5. The standard InChI is InChI=1S/C21H25N5O/c1-27-19-11-9-18(10-12-19)25-21(22)24-16-20-23-13-15-26(20)14-5-8-17-6-3-2-4-7-17/h2-4,6-7,9-13,15H,5,8,14,16H2,1H3,(H3,22,24,25). The van der Waals surface area contributed by atoms with Gasteiger partial charge in [0.1, 0.15) is 18.1 Å². The Kier molecular flexibility index (Phi) is 6.46. The van der Waals surface area contributed by atoms with E-state index >= 15 is 0 Å². The molecule has 0 saturated carbocycles. The molecule has 0 aliphatic heterocycles. The van der Waals surface area contributed by atoms with E-state index in [1.165, 1.54) is 5.56 Å². The molecule has 0 amide bonds. The number of benzene rings is 2. The van der Waals surface area contributed by atoms with Gasteiger partial charge in [-0.15, -0.1) is 0 Å². The molecule has 2 aromatic carbocycles. The second-order valence-electron chi connectivity index (χ2n) is 6.18. The van der Waals surface area contributed by atoms with Crippen LogP contribution in [0.3, 0.4) is 0 Å². The average Bonchev–Trinajstić information content (AvgIpc) is 3.15. The van der Waals surface area contributed by atoms with Crippen LogP contribution in [-0.2, 0) is 19.5 Å². The highest BCUT2D eigenvalue weighted by molar-refractivity contribution is 5.92. The SMILES string of the molecule is COc1ccc(NC(N)=NCc2nccn2CCCc2ccccc2)cc1. The van der Waals surface area contributed by atoms with Crippen molar-refractivity contribution in [1.29, 1.82) is 0 Å². The quantitative estimate of drug-likeness (QED) is 0.475. The molecule has 0 atom stereocenters. The van der Waals surface area contributed by atoms with Gasteiger partial charge in [0.05, 0.1) is 7.11 Å². The Labute approximate surface area is 159 Å². The summed E-state index contributed by atoms with van der Waals surface area (Å²) in [4.78, 5) is 8.80. The van der Waals surface area contributed by atoms with E-state index in [4.69, 9.17) is 10.5 Å². The number of ether oxygens (including phenoxy) is 1. The molecule has 0 aliphatic rings. The summed E-state index contributed by atoms with van der Waals surface area (Å²) in [6.45, 7) is 1.35. The number of nitrogens with zero attached hydrogens (tertiary/aromatic N) is 3. The molecule has 6 heteroatoms. The van der Waals surface area contributed by atoms with Gasteiger partial charge in [0, 0.05) is 24.6 Å². The van der Waals surface area contributed by atoms with Gasteiger partial charge in [0.15, 0.2) is 5.96 Å². The van der Waals surface area contributed by atoms with Crippen LogP contribution in [0.2, 0.25) is 0 Å². The minimum atomic E-state index is 0.360. The number of hydrogen-bond donors (Lipinski definition) is 2. The molecule has 0 fully saturated rings. The summed E-state index contributed by atoms with van der Waals surface area (Å²) in [6.07, 6.45) is 5.89. The zero-order chi connectivity index (χ0) is 18.9. The minimum Gasteiger partial charge on any atom is -0.497 e. The van der Waals surface area contributed by atoms with Crippen molar-refractivity contribution < 1.29 is 4.74 Å². The van der Waals surface area contributed by atoms with Crippen LogP contribution >= 0.6 is 0 Å². The van der Waals surface area contributed by atoms with E-state index in [1.807, 2.05) is 36.5 Å². The van der Waals surface area contributed by atoms with Crippen molar-refractivity contribution in [3.63, 3.8) is 0 Å². The van der Waals surface area contributed by atoms with Gasteiger partial charge in [-0.1, -0.05) is 30.3 Å². The van der Waals surface area contributed by atoms with E-state index in [0.717, 1.165) is 36.6 Å². The number of aliphatic imine (C=N–C) groups is 1. The Morgan fingerprint density at radius 1 is 1.15 bits per heavy atom. The van der Waals surface area contributed by atoms with Gasteiger partial charge in [0.2, 0.25) is 0 Å². The number of nitrogens with two attached hydrogens (primary N) is 1. The van der Waals surface area contributed by atoms with Gasteiger partial charge in [-0.3, -0.25) is 0 Å². The van der Waals surface area contributed by atoms with Crippen LogP contribution in [0.4, 0.5) is 5.69 Å². The summed E-state index contributed by atoms with van der Waals surface area (Å²) in [5, 5.41) is 3.07. The molecule has 1 heterocycles. The van der Waals surface area contributed by atoms with E-state index in [0.29, 0.717) is 12.5 Å². The van der Waals surface area contributed by atoms with Crippen molar-refractivity contribution in [1.82, 2.24) is 9.55 Å². The lowest BCUT2D eigenvalue weighted by molar-refractivity contribution is 0.415. The fourth-order valence-corrected chi connectivity index (χ4v) is 2.81. The molecule has 6 nitrogen and oxygen atoms in total. The molecule has 140 valence electrons. The Hall–Kier alpha value is -3.28. The summed E-state index contributed by atoms with van der Waals surface area (Å²) >= 11 is 0. The Morgan fingerprint density at radius 2 is 1.93 bits per heavy atom. The third-order valence-electron chi connectivity index (χ3n) is 4.26. The van der Waals surface area contributed by atoms with Crippen molar-refractivity contribution in [2.45, 2.75) is 25.9 Å². The zero-order valence-corrected chi connectivity index (χ0v) is 15.5. The van der Waals surface area contributed by atoms with Crippen molar-refractivity contribution in [3.05, 3.63) is 78.4 Å². The third-order valence-corrected chi connectivity index (χ3v) is 4.26. The summed E-state index contributed by atoms with van der Waals surface area (Å²) in [6, 6.07) is 18.0. The molecule has 3 N–H and O–H groups in total. The van der Waals surface area contributed by atoms with Crippen molar-refractivity contribution in [2.24, 2.45) is 10.7 Å². The van der Waals surface area contributed by atoms with E-state index in [2.05, 4.69) is 44.1 Å². The first-order chi connectivity index (χ1) is 13.2. The normalized spacial score (nSPS) is 11.4. The molecule has 1 aromatic heterocycles. The first-order valence-corrected chi connectivity index (χ1v) is 8.99. The van der Waals surface area contributed by atoms with Gasteiger partial charge in [-0.2, -0.15) is 0 Å². The second-order valence-corrected chi connectivity index (χ2v) is 6.18. The first-order valence-electron chi connectivity index (χ1n) is 8.99. The van der Waals surface area contributed by atoms with Crippen LogP contribution in [0.15, 0.2) is 72.0 Å². The smallest absolute Gasteiger partial charge is 0.193 e. The van der Waals surface area contributed by atoms with Crippen LogP contribution in [0.1, 0.15) is 17.8 Å². The highest BCUT2D eigenvalue weighted by Gasteiger charge is 2.03. The minimum absolute atomic E-state index is 0.360. The molecule has 27 heavy (non-hydrogen) atoms. The maximum absolute atomic E-state index is 5.99. The Morgan fingerprint density at radius 3 is 2.67 bits per heavy atom. The summed E-state index contributed by atoms with van der Waals surface area (Å²) < 4.78 is 7.28. The van der Waals surface area contributed by atoms with Crippen LogP contribution < -0.4 is 15.8 Å². The van der Waals surface area contributed by atoms with E-state index in [1.54, 1.807) is 13.3 Å². The number of nitrogens with one attached hydrogen (secondary N) is 1. The van der Waals surface area contributed by atoms with Crippen LogP contribution in [0.5, 0.6) is 5.75 Å². The number of methoxy groups -OCH3 is 1. The lowest BCUT2D eigenvalue weighted by Gasteiger charge is -2.08. The molecule has 0 bridgehead atoms. The maximum Gasteiger partial charge on any atom is 0.193 e. The number of anilines is 1. The number of aryl methyl sites for hydroxylation is 2. The lowest BCUT2D eigenvalue weighted by Crippen LogP contribution is -2.22. The number of rotatable bonds is 8. The number of guanidine groups is 1. The topological polar surface area (TPSA) is 77.5 Å². The molecular weight excluding hydrogens is 338 g/mol. The molecule has 0 spiro atoms. The summed E-state index contributed by atoms with van der Waals surface area (Å²) in [5.74, 6) is 2.06. The van der Waals surface area contributed by atoms with E-state index < -0.39 is 0 Å². The van der Waals surface area contributed by atoms with Gasteiger partial charge in [-0.25, -0.2) is 9.98 Å². The summed E-state index contributed by atoms with van der Waals surface area (Å²) in [5.41, 5.74) is 8.21. The van der Waals surface area contributed by atoms with Crippen molar-refractivity contribution in [2.75, 3.05) is 12.4 Å². The largest absolute Gasteiger partial charge is 0.497 e. The Balaban J connectivity index is 1.51. The molecule has 3 aromatic rings. The van der Waals surface area contributed by atoms with Gasteiger partial charge in [-0.05, 0) is 42.7 Å². The summed E-state index contributed by atoms with van der Waals surface area (Å²) in [7, 11) is 1.64. The predicted octanol–water partition coefficient (Wildman–Crippen LogP) is 3.45.